The summed E-state index contributed by atoms with van der Waals surface area (Å²) in [5.41, 5.74) is 8.87. The molecule has 0 unspecified atom stereocenters. The van der Waals surface area contributed by atoms with Crippen LogP contribution < -0.4 is 5.73 Å². The lowest BCUT2D eigenvalue weighted by molar-refractivity contribution is 0.118. The summed E-state index contributed by atoms with van der Waals surface area (Å²) in [6.07, 6.45) is 2.30. The average molecular weight is 276 g/mol. The molecule has 1 aromatic heterocycles. The number of nitrogens with two attached hydrogens (primary N) is 1. The van der Waals surface area contributed by atoms with Gasteiger partial charge >= 0.3 is 0 Å². The predicted molar refractivity (Wildman–Crippen MR) is 80.0 cm³/mol. The Labute approximate surface area is 118 Å². The maximum atomic E-state index is 5.60. The van der Waals surface area contributed by atoms with Crippen molar-refractivity contribution in [2.45, 2.75) is 32.9 Å². The van der Waals surface area contributed by atoms with Crippen LogP contribution in [-0.4, -0.2) is 11.6 Å². The predicted octanol–water partition coefficient (Wildman–Crippen LogP) is 3.59. The quantitative estimate of drug-likeness (QED) is 0.786. The molecule has 0 atom stereocenters. The first-order valence-corrected chi connectivity index (χ1v) is 7.53. The number of nitrogens with zero attached hydrogens (tertiary/aromatic N) is 1. The molecule has 0 aliphatic heterocycles. The Hall–Kier alpha value is -1.23. The molecule has 2 N–H and O–H groups in total. The van der Waals surface area contributed by atoms with Gasteiger partial charge in [-0.3, -0.25) is 0 Å². The molecule has 2 rings (SSSR count). The molecular formula is C15H20N2OS. The second-order valence-electron chi connectivity index (χ2n) is 4.45. The summed E-state index contributed by atoms with van der Waals surface area (Å²) in [6, 6.07) is 8.39. The summed E-state index contributed by atoms with van der Waals surface area (Å²) in [5, 5.41) is 3.04. The molecule has 0 saturated heterocycles. The lowest BCUT2D eigenvalue weighted by Crippen LogP contribution is -1.96. The molecule has 4 heteroatoms. The molecule has 0 spiro atoms. The van der Waals surface area contributed by atoms with E-state index in [0.29, 0.717) is 13.2 Å². The van der Waals surface area contributed by atoms with Crippen LogP contribution in [0.4, 0.5) is 0 Å². The van der Waals surface area contributed by atoms with Crippen molar-refractivity contribution in [2.24, 2.45) is 5.73 Å². The summed E-state index contributed by atoms with van der Waals surface area (Å²) in [5.74, 6) is 0. The number of benzene rings is 1. The van der Waals surface area contributed by atoms with E-state index in [4.69, 9.17) is 10.5 Å². The Balaban J connectivity index is 1.94. The monoisotopic (exact) mass is 276 g/mol. The fourth-order valence-corrected chi connectivity index (χ4v) is 2.55. The van der Waals surface area contributed by atoms with Crippen molar-refractivity contribution in [1.82, 2.24) is 4.98 Å². The highest BCUT2D eigenvalue weighted by molar-refractivity contribution is 7.13. The van der Waals surface area contributed by atoms with E-state index in [1.165, 1.54) is 12.0 Å². The summed E-state index contributed by atoms with van der Waals surface area (Å²) in [4.78, 5) is 4.48. The lowest BCUT2D eigenvalue weighted by atomic mass is 10.1. The smallest absolute Gasteiger partial charge is 0.123 e. The van der Waals surface area contributed by atoms with Gasteiger partial charge in [0.15, 0.2) is 0 Å². The van der Waals surface area contributed by atoms with Gasteiger partial charge in [-0.25, -0.2) is 4.98 Å². The highest BCUT2D eigenvalue weighted by Crippen LogP contribution is 2.24. The van der Waals surface area contributed by atoms with Gasteiger partial charge in [0, 0.05) is 24.1 Å². The van der Waals surface area contributed by atoms with Gasteiger partial charge in [-0.2, -0.15) is 0 Å². The number of hydrogen-bond acceptors (Lipinski definition) is 4. The van der Waals surface area contributed by atoms with Gasteiger partial charge in [0.1, 0.15) is 5.01 Å². The molecule has 0 fully saturated rings. The van der Waals surface area contributed by atoms with E-state index >= 15 is 0 Å². The zero-order valence-corrected chi connectivity index (χ0v) is 12.1. The molecule has 0 radical (unpaired) electrons. The third-order valence-electron chi connectivity index (χ3n) is 2.87. The number of unbranched alkanes of at least 4 members (excludes halogenated alkanes) is 1. The highest BCUT2D eigenvalue weighted by atomic mass is 32.1. The second-order valence-corrected chi connectivity index (χ2v) is 5.31. The van der Waals surface area contributed by atoms with Crippen molar-refractivity contribution < 1.29 is 4.74 Å². The van der Waals surface area contributed by atoms with Gasteiger partial charge < -0.3 is 10.5 Å². The number of hydrogen-bond donors (Lipinski definition) is 1. The molecule has 2 aromatic rings. The first-order valence-electron chi connectivity index (χ1n) is 6.65. The summed E-state index contributed by atoms with van der Waals surface area (Å²) >= 11 is 1.64. The third kappa shape index (κ3) is 4.13. The van der Waals surface area contributed by atoms with E-state index in [1.807, 2.05) is 5.38 Å². The molecule has 0 bridgehead atoms. The molecule has 0 aliphatic carbocycles. The van der Waals surface area contributed by atoms with Gasteiger partial charge in [0.2, 0.25) is 0 Å². The zero-order chi connectivity index (χ0) is 13.5. The van der Waals surface area contributed by atoms with Crippen molar-refractivity contribution in [1.29, 1.82) is 0 Å². The van der Waals surface area contributed by atoms with E-state index < -0.39 is 0 Å². The van der Waals surface area contributed by atoms with E-state index in [9.17, 15) is 0 Å². The first kappa shape index (κ1) is 14.2. The minimum Gasteiger partial charge on any atom is -0.377 e. The Morgan fingerprint density at radius 3 is 2.68 bits per heavy atom. The average Bonchev–Trinajstić information content (AvgIpc) is 2.93. The van der Waals surface area contributed by atoms with Crippen molar-refractivity contribution in [3.05, 3.63) is 40.9 Å². The van der Waals surface area contributed by atoms with Crippen LogP contribution in [0.1, 0.15) is 31.0 Å². The van der Waals surface area contributed by atoms with Crippen LogP contribution in [0.25, 0.3) is 10.6 Å². The van der Waals surface area contributed by atoms with Crippen LogP contribution in [0, 0.1) is 0 Å². The van der Waals surface area contributed by atoms with Crippen LogP contribution in [-0.2, 0) is 17.9 Å². The fourth-order valence-electron chi connectivity index (χ4n) is 1.71. The van der Waals surface area contributed by atoms with Crippen LogP contribution in [0.15, 0.2) is 29.6 Å². The number of thiazole rings is 1. The number of ether oxygens (including phenoxy) is 1. The summed E-state index contributed by atoms with van der Waals surface area (Å²) < 4.78 is 5.60. The zero-order valence-electron chi connectivity index (χ0n) is 11.3. The molecule has 0 aliphatic rings. The van der Waals surface area contributed by atoms with Gasteiger partial charge in [0.25, 0.3) is 0 Å². The van der Waals surface area contributed by atoms with Crippen molar-refractivity contribution in [2.75, 3.05) is 6.61 Å². The molecular weight excluding hydrogens is 256 g/mol. The normalized spacial score (nSPS) is 10.8. The van der Waals surface area contributed by atoms with E-state index in [-0.39, 0.29) is 0 Å². The Bertz CT molecular complexity index is 493. The molecule has 3 nitrogen and oxygen atoms in total. The maximum absolute atomic E-state index is 5.60. The van der Waals surface area contributed by atoms with Crippen LogP contribution in [0.3, 0.4) is 0 Å². The van der Waals surface area contributed by atoms with Crippen molar-refractivity contribution in [3.8, 4) is 10.6 Å². The van der Waals surface area contributed by atoms with E-state index in [1.54, 1.807) is 11.3 Å². The molecule has 1 heterocycles. The molecule has 19 heavy (non-hydrogen) atoms. The van der Waals surface area contributed by atoms with E-state index in [2.05, 4.69) is 36.2 Å². The molecule has 102 valence electrons. The topological polar surface area (TPSA) is 48.1 Å². The highest BCUT2D eigenvalue weighted by Gasteiger charge is 2.03. The summed E-state index contributed by atoms with van der Waals surface area (Å²) in [6.45, 7) is 4.19. The minimum atomic E-state index is 0.500. The molecule has 1 aromatic carbocycles. The molecule has 0 amide bonds. The van der Waals surface area contributed by atoms with Crippen LogP contribution in [0.2, 0.25) is 0 Å². The largest absolute Gasteiger partial charge is 0.377 e. The van der Waals surface area contributed by atoms with Gasteiger partial charge in [-0.15, -0.1) is 11.3 Å². The van der Waals surface area contributed by atoms with Crippen molar-refractivity contribution in [3.63, 3.8) is 0 Å². The van der Waals surface area contributed by atoms with Gasteiger partial charge in [-0.1, -0.05) is 37.6 Å². The number of aromatic nitrogens is 1. The Morgan fingerprint density at radius 2 is 2.05 bits per heavy atom. The standard InChI is InChI=1S/C15H20N2OS/c1-2-3-8-18-10-12-4-6-13(7-5-12)15-17-14(9-16)11-19-15/h4-7,11H,2-3,8-10,16H2,1H3. The summed E-state index contributed by atoms with van der Waals surface area (Å²) in [7, 11) is 0. The third-order valence-corrected chi connectivity index (χ3v) is 3.81. The molecule has 0 saturated carbocycles. The van der Waals surface area contributed by atoms with Crippen molar-refractivity contribution >= 4 is 11.3 Å². The lowest BCUT2D eigenvalue weighted by Gasteiger charge is -2.04. The van der Waals surface area contributed by atoms with Gasteiger partial charge in [0.05, 0.1) is 12.3 Å². The maximum Gasteiger partial charge on any atom is 0.123 e. The van der Waals surface area contributed by atoms with Crippen LogP contribution >= 0.6 is 11.3 Å². The Kier molecular flexibility index (Phi) is 5.51. The Morgan fingerprint density at radius 1 is 1.26 bits per heavy atom. The SMILES string of the molecule is CCCCOCc1ccc(-c2nc(CN)cs2)cc1. The van der Waals surface area contributed by atoms with Crippen LogP contribution in [0.5, 0.6) is 0 Å². The second kappa shape index (κ2) is 7.38. The first-order chi connectivity index (χ1) is 9.33. The fraction of sp³-hybridized carbons (Fsp3) is 0.400. The minimum absolute atomic E-state index is 0.500. The van der Waals surface area contributed by atoms with Gasteiger partial charge in [-0.05, 0) is 12.0 Å². The van der Waals surface area contributed by atoms with E-state index in [0.717, 1.165) is 29.3 Å². The number of rotatable bonds is 7.